The summed E-state index contributed by atoms with van der Waals surface area (Å²) in [6, 6.07) is 9.32. The first kappa shape index (κ1) is 25.3. The van der Waals surface area contributed by atoms with Gasteiger partial charge in [-0.05, 0) is 36.1 Å². The highest BCUT2D eigenvalue weighted by atomic mass is 127. The van der Waals surface area contributed by atoms with Crippen LogP contribution in [0.4, 0.5) is 11.4 Å². The summed E-state index contributed by atoms with van der Waals surface area (Å²) < 4.78 is 7.82. The Labute approximate surface area is 213 Å². The van der Waals surface area contributed by atoms with E-state index in [9.17, 15) is 0 Å². The van der Waals surface area contributed by atoms with Crippen molar-refractivity contribution in [2.45, 2.75) is 26.7 Å². The van der Waals surface area contributed by atoms with Gasteiger partial charge in [0.05, 0.1) is 6.61 Å². The van der Waals surface area contributed by atoms with Gasteiger partial charge in [-0.25, -0.2) is 4.98 Å². The molecular weight excluding hydrogens is 531 g/mol. The van der Waals surface area contributed by atoms with Gasteiger partial charge in [0.25, 0.3) is 9.40 Å². The molecule has 32 heavy (non-hydrogen) atoms. The monoisotopic (exact) mass is 566 g/mol. The van der Waals surface area contributed by atoms with Crippen molar-refractivity contribution >= 4 is 43.1 Å². The molecule has 0 unspecified atom stereocenters. The molecule has 3 aromatic rings. The molecule has 0 atom stereocenters. The number of rotatable bonds is 7. The van der Waals surface area contributed by atoms with Crippen molar-refractivity contribution in [1.82, 2.24) is 9.88 Å². The number of ether oxygens (including phenoxy) is 1. The van der Waals surface area contributed by atoms with Crippen molar-refractivity contribution in [3.8, 4) is 0 Å². The summed E-state index contributed by atoms with van der Waals surface area (Å²) in [6.45, 7) is 10.6. The first-order valence-electron chi connectivity index (χ1n) is 11.4. The minimum Gasteiger partial charge on any atom is -1.00 e. The molecule has 4 rings (SSSR count). The molecule has 0 N–H and O–H groups in total. The number of aromatic nitrogens is 1. The van der Waals surface area contributed by atoms with Crippen LogP contribution in [-0.2, 0) is 17.6 Å². The summed E-state index contributed by atoms with van der Waals surface area (Å²) in [6.07, 6.45) is 2.00. The summed E-state index contributed by atoms with van der Waals surface area (Å²) in [5, 5.41) is 0. The molecule has 1 aliphatic rings. The molecule has 1 saturated heterocycles. The first-order valence-corrected chi connectivity index (χ1v) is 12.2. The molecule has 5 nitrogen and oxygen atoms in total. The Bertz CT molecular complexity index is 1070. The fourth-order valence-electron chi connectivity index (χ4n) is 4.37. The highest BCUT2D eigenvalue weighted by molar-refractivity contribution is 7.24. The topological polar surface area (TPSA) is 31.8 Å². The SMILES string of the molecule is CCc1cc(N(C)C)cc2[s+]c3cc(N4CCN(CCOC)CC4)cc(CC)c3nc12.[I-]. The maximum atomic E-state index is 5.25. The summed E-state index contributed by atoms with van der Waals surface area (Å²) in [5.41, 5.74) is 7.62. The van der Waals surface area contributed by atoms with Crippen LogP contribution < -0.4 is 33.8 Å². The molecule has 0 radical (unpaired) electrons. The lowest BCUT2D eigenvalue weighted by Gasteiger charge is -2.36. The fourth-order valence-corrected chi connectivity index (χ4v) is 5.51. The van der Waals surface area contributed by atoms with E-state index in [1.807, 2.05) is 11.3 Å². The minimum absolute atomic E-state index is 0. The van der Waals surface area contributed by atoms with Crippen LogP contribution in [0.2, 0.25) is 0 Å². The second kappa shape index (κ2) is 11.2. The Hall–Kier alpha value is -1.29. The molecule has 0 amide bonds. The van der Waals surface area contributed by atoms with Crippen molar-refractivity contribution in [2.75, 3.05) is 70.3 Å². The first-order chi connectivity index (χ1) is 15.0. The Morgan fingerprint density at radius 2 is 1.56 bits per heavy atom. The molecule has 1 fully saturated rings. The zero-order chi connectivity index (χ0) is 22.0. The lowest BCUT2D eigenvalue weighted by Crippen LogP contribution is -3.00. The van der Waals surface area contributed by atoms with Crippen molar-refractivity contribution in [1.29, 1.82) is 0 Å². The number of hydrogen-bond acceptors (Lipinski definition) is 5. The molecule has 0 bridgehead atoms. The number of fused-ring (bicyclic) bond motifs is 2. The number of piperazine rings is 1. The standard InChI is InChI=1S/C25H35N4OS.HI/c1-6-18-14-20(27(3)4)16-22-24(18)26-25-19(7-2)15-21(17-23(25)31-22)29-10-8-28(9-11-29)12-13-30-5;/h14-17H,6-13H2,1-5H3;1H/q+1;/p-1. The number of hydrogen-bond donors (Lipinski definition) is 0. The van der Waals surface area contributed by atoms with Crippen molar-refractivity contribution in [3.05, 3.63) is 35.4 Å². The quantitative estimate of drug-likeness (QED) is 0.247. The highest BCUT2D eigenvalue weighted by Gasteiger charge is 2.23. The van der Waals surface area contributed by atoms with Crippen LogP contribution in [0.1, 0.15) is 25.0 Å². The predicted molar refractivity (Wildman–Crippen MR) is 135 cm³/mol. The Morgan fingerprint density at radius 3 is 2.16 bits per heavy atom. The molecular formula is C25H35IN4OS. The molecule has 2 heterocycles. The zero-order valence-corrected chi connectivity index (χ0v) is 22.9. The minimum atomic E-state index is 0. The van der Waals surface area contributed by atoms with E-state index in [2.05, 4.69) is 66.9 Å². The van der Waals surface area contributed by atoms with Gasteiger partial charge in [0.15, 0.2) is 0 Å². The number of benzene rings is 2. The maximum Gasteiger partial charge on any atom is 0.259 e. The van der Waals surface area contributed by atoms with E-state index in [0.717, 1.165) is 52.2 Å². The van der Waals surface area contributed by atoms with Crippen molar-refractivity contribution in [2.24, 2.45) is 0 Å². The molecule has 1 aliphatic heterocycles. The lowest BCUT2D eigenvalue weighted by molar-refractivity contribution is -0.00000672. The van der Waals surface area contributed by atoms with Gasteiger partial charge in [-0.3, -0.25) is 4.90 Å². The molecule has 0 spiro atoms. The third-order valence-corrected chi connectivity index (χ3v) is 7.41. The summed E-state index contributed by atoms with van der Waals surface area (Å²) in [7, 11) is 6.00. The van der Waals surface area contributed by atoms with Gasteiger partial charge in [0, 0.05) is 77.4 Å². The van der Waals surface area contributed by atoms with Crippen molar-refractivity contribution < 1.29 is 28.7 Å². The molecule has 2 aromatic carbocycles. The van der Waals surface area contributed by atoms with Crippen LogP contribution in [0.25, 0.3) is 20.4 Å². The van der Waals surface area contributed by atoms with E-state index in [-0.39, 0.29) is 24.0 Å². The van der Waals surface area contributed by atoms with Gasteiger partial charge < -0.3 is 38.5 Å². The largest absolute Gasteiger partial charge is 1.00 e. The lowest BCUT2D eigenvalue weighted by atomic mass is 10.1. The number of aryl methyl sites for hydroxylation is 2. The van der Waals surface area contributed by atoms with Gasteiger partial charge in [-0.1, -0.05) is 13.8 Å². The highest BCUT2D eigenvalue weighted by Crippen LogP contribution is 2.35. The van der Waals surface area contributed by atoms with Crippen LogP contribution >= 0.6 is 11.3 Å². The van der Waals surface area contributed by atoms with Crippen LogP contribution in [0.5, 0.6) is 0 Å². The third-order valence-electron chi connectivity index (χ3n) is 6.35. The molecule has 0 aliphatic carbocycles. The van der Waals surface area contributed by atoms with E-state index < -0.39 is 0 Å². The maximum absolute atomic E-state index is 5.25. The third kappa shape index (κ3) is 5.26. The second-order valence-corrected chi connectivity index (χ2v) is 9.62. The van der Waals surface area contributed by atoms with Crippen LogP contribution in [0.15, 0.2) is 24.3 Å². The van der Waals surface area contributed by atoms with Gasteiger partial charge in [0.1, 0.15) is 11.0 Å². The smallest absolute Gasteiger partial charge is 0.259 e. The van der Waals surface area contributed by atoms with Gasteiger partial charge >= 0.3 is 0 Å². The summed E-state index contributed by atoms with van der Waals surface area (Å²) >= 11 is 1.89. The zero-order valence-electron chi connectivity index (χ0n) is 19.9. The average Bonchev–Trinajstić information content (AvgIpc) is 2.80. The second-order valence-electron chi connectivity index (χ2n) is 8.54. The van der Waals surface area contributed by atoms with E-state index in [1.165, 1.54) is 42.9 Å². The summed E-state index contributed by atoms with van der Waals surface area (Å²) in [4.78, 5) is 12.4. The Morgan fingerprint density at radius 1 is 0.938 bits per heavy atom. The Kier molecular flexibility index (Phi) is 8.89. The van der Waals surface area contributed by atoms with E-state index in [1.54, 1.807) is 7.11 Å². The van der Waals surface area contributed by atoms with Crippen LogP contribution in [0, 0.1) is 0 Å². The van der Waals surface area contributed by atoms with Crippen LogP contribution in [0.3, 0.4) is 0 Å². The van der Waals surface area contributed by atoms with Crippen molar-refractivity contribution in [3.63, 3.8) is 0 Å². The number of halogens is 1. The van der Waals surface area contributed by atoms with E-state index >= 15 is 0 Å². The molecule has 0 saturated carbocycles. The Balaban J connectivity index is 0.00000289. The van der Waals surface area contributed by atoms with E-state index in [0.29, 0.717) is 0 Å². The predicted octanol–water partition coefficient (Wildman–Crippen LogP) is 1.69. The van der Waals surface area contributed by atoms with E-state index in [4.69, 9.17) is 9.72 Å². The number of nitrogens with zero attached hydrogens (tertiary/aromatic N) is 4. The number of anilines is 2. The molecule has 7 heteroatoms. The van der Waals surface area contributed by atoms with Gasteiger partial charge in [0.2, 0.25) is 11.3 Å². The normalized spacial score (nSPS) is 14.7. The number of methoxy groups -OCH3 is 1. The summed E-state index contributed by atoms with van der Waals surface area (Å²) in [5.74, 6) is 0. The average molecular weight is 567 g/mol. The fraction of sp³-hybridized carbons (Fsp3) is 0.520. The van der Waals surface area contributed by atoms with Gasteiger partial charge in [-0.2, -0.15) is 0 Å². The van der Waals surface area contributed by atoms with Crippen LogP contribution in [-0.4, -0.2) is 70.4 Å². The molecule has 174 valence electrons. The molecule has 1 aromatic heterocycles. The van der Waals surface area contributed by atoms with Gasteiger partial charge in [-0.15, -0.1) is 0 Å².